The number of aromatic hydroxyl groups is 1. The maximum Gasteiger partial charge on any atom is 0.417 e. The number of likely N-dealkylation sites (N-methyl/N-ethyl adjacent to an activating group) is 1. The predicted molar refractivity (Wildman–Crippen MR) is 149 cm³/mol. The van der Waals surface area contributed by atoms with E-state index in [2.05, 4.69) is 33.4 Å². The van der Waals surface area contributed by atoms with Crippen molar-refractivity contribution < 1.29 is 23.4 Å². The van der Waals surface area contributed by atoms with Crippen LogP contribution in [-0.4, -0.2) is 63.2 Å². The molecule has 3 rings (SSSR count). The Morgan fingerprint density at radius 3 is 2.54 bits per heavy atom. The summed E-state index contributed by atoms with van der Waals surface area (Å²) in [4.78, 5) is 13.4. The topological polar surface area (TPSA) is 84.7 Å². The molecular weight excluding hydrogens is 505 g/mol. The number of benzene rings is 1. The average Bonchev–Trinajstić information content (AvgIpc) is 3.29. The maximum absolute atomic E-state index is 14.3. The number of phenolic OH excluding ortho intramolecular Hbond substituents is 1. The summed E-state index contributed by atoms with van der Waals surface area (Å²) in [5.74, 6) is -0.139. The standard InChI is InChI=1S/C30H37F3N4O2/c1-6-14-37(5)19-21(2)35-18-25-11-10-24(36-25)16-29(39,30(31,32)33)20-28(3,4)26-15-22(9-12-27(26)38)23-8-7-13-34-17-23/h7-13,15,17-18,36,38-39H,2,6,14,16,19-20H2,1,3-5H3. The van der Waals surface area contributed by atoms with Crippen molar-refractivity contribution in [2.24, 2.45) is 4.99 Å². The van der Waals surface area contributed by atoms with E-state index < -0.39 is 30.0 Å². The van der Waals surface area contributed by atoms with E-state index in [1.54, 1.807) is 50.5 Å². The Morgan fingerprint density at radius 2 is 1.90 bits per heavy atom. The van der Waals surface area contributed by atoms with Gasteiger partial charge in [-0.2, -0.15) is 13.2 Å². The van der Waals surface area contributed by atoms with Crippen molar-refractivity contribution in [2.45, 2.75) is 57.2 Å². The summed E-state index contributed by atoms with van der Waals surface area (Å²) in [6.07, 6.45) is -0.489. The van der Waals surface area contributed by atoms with Gasteiger partial charge in [-0.05, 0) is 67.7 Å². The lowest BCUT2D eigenvalue weighted by atomic mass is 9.72. The lowest BCUT2D eigenvalue weighted by molar-refractivity contribution is -0.266. The van der Waals surface area contributed by atoms with Gasteiger partial charge in [0.25, 0.3) is 0 Å². The first-order valence-corrected chi connectivity index (χ1v) is 12.9. The van der Waals surface area contributed by atoms with Gasteiger partial charge in [0.05, 0.1) is 11.9 Å². The molecule has 0 saturated heterocycles. The molecule has 0 bridgehead atoms. The number of rotatable bonds is 12. The van der Waals surface area contributed by atoms with Crippen molar-refractivity contribution >= 4 is 6.21 Å². The highest BCUT2D eigenvalue weighted by Crippen LogP contribution is 2.45. The molecule has 3 N–H and O–H groups in total. The number of alkyl halides is 3. The number of nitrogens with zero attached hydrogens (tertiary/aromatic N) is 3. The lowest BCUT2D eigenvalue weighted by Gasteiger charge is -2.38. The molecule has 0 amide bonds. The summed E-state index contributed by atoms with van der Waals surface area (Å²) in [5, 5.41) is 21.7. The first kappa shape index (κ1) is 30.1. The Kier molecular flexibility index (Phi) is 9.40. The number of H-pyrrole nitrogens is 1. The summed E-state index contributed by atoms with van der Waals surface area (Å²) in [6.45, 7) is 10.7. The third-order valence-electron chi connectivity index (χ3n) is 6.68. The molecule has 1 aromatic carbocycles. The minimum absolute atomic E-state index is 0.139. The van der Waals surface area contributed by atoms with Crippen LogP contribution in [0.25, 0.3) is 11.1 Å². The quantitative estimate of drug-likeness (QED) is 0.236. The van der Waals surface area contributed by atoms with Crippen LogP contribution < -0.4 is 0 Å². The second-order valence-electron chi connectivity index (χ2n) is 10.7. The number of halogens is 3. The van der Waals surface area contributed by atoms with E-state index in [0.29, 0.717) is 29.1 Å². The maximum atomic E-state index is 14.3. The van der Waals surface area contributed by atoms with E-state index in [0.717, 1.165) is 18.5 Å². The summed E-state index contributed by atoms with van der Waals surface area (Å²) >= 11 is 0. The Morgan fingerprint density at radius 1 is 1.15 bits per heavy atom. The minimum atomic E-state index is -4.92. The molecule has 2 heterocycles. The van der Waals surface area contributed by atoms with Crippen LogP contribution in [0.2, 0.25) is 0 Å². The van der Waals surface area contributed by atoms with Crippen LogP contribution in [0, 0.1) is 0 Å². The number of aliphatic imine (C=N–C) groups is 1. The van der Waals surface area contributed by atoms with Crippen molar-refractivity contribution in [3.8, 4) is 16.9 Å². The molecular formula is C30H37F3N4O2. The summed E-state index contributed by atoms with van der Waals surface area (Å²) in [6, 6.07) is 11.5. The molecule has 39 heavy (non-hydrogen) atoms. The molecule has 0 aliphatic carbocycles. The van der Waals surface area contributed by atoms with Gasteiger partial charge in [0.2, 0.25) is 0 Å². The zero-order valence-corrected chi connectivity index (χ0v) is 22.9. The molecule has 0 aliphatic rings. The molecule has 0 saturated carbocycles. The van der Waals surface area contributed by atoms with Crippen LogP contribution in [0.1, 0.15) is 50.6 Å². The van der Waals surface area contributed by atoms with Gasteiger partial charge in [0.15, 0.2) is 5.60 Å². The summed E-state index contributed by atoms with van der Waals surface area (Å²) < 4.78 is 43.0. The highest BCUT2D eigenvalue weighted by atomic mass is 19.4. The largest absolute Gasteiger partial charge is 0.508 e. The van der Waals surface area contributed by atoms with E-state index in [9.17, 15) is 23.4 Å². The van der Waals surface area contributed by atoms with Gasteiger partial charge in [0, 0.05) is 47.9 Å². The predicted octanol–water partition coefficient (Wildman–Crippen LogP) is 6.26. The molecule has 210 valence electrons. The van der Waals surface area contributed by atoms with Gasteiger partial charge in [-0.25, -0.2) is 0 Å². The Labute approximate surface area is 227 Å². The highest BCUT2D eigenvalue weighted by molar-refractivity contribution is 5.78. The number of phenols is 1. The number of pyridine rings is 1. The highest BCUT2D eigenvalue weighted by Gasteiger charge is 2.56. The molecule has 0 radical (unpaired) electrons. The van der Waals surface area contributed by atoms with E-state index in [1.165, 1.54) is 18.3 Å². The molecule has 0 aliphatic heterocycles. The first-order valence-electron chi connectivity index (χ1n) is 12.9. The van der Waals surface area contributed by atoms with Crippen molar-refractivity contribution in [1.29, 1.82) is 0 Å². The SMILES string of the molecule is C=C(CN(C)CCC)N=Cc1ccc(CC(O)(CC(C)(C)c2cc(-c3cccnc3)ccc2O)C(F)(F)F)[nH]1. The fourth-order valence-electron chi connectivity index (χ4n) is 4.81. The fraction of sp³-hybridized carbons (Fsp3) is 0.400. The fourth-order valence-corrected chi connectivity index (χ4v) is 4.81. The molecule has 6 nitrogen and oxygen atoms in total. The Bertz CT molecular complexity index is 1280. The molecule has 0 fully saturated rings. The molecule has 1 unspecified atom stereocenters. The summed E-state index contributed by atoms with van der Waals surface area (Å²) in [5.41, 5.74) is -1.16. The number of hydrogen-bond acceptors (Lipinski definition) is 5. The lowest BCUT2D eigenvalue weighted by Crippen LogP contribution is -2.50. The average molecular weight is 543 g/mol. The van der Waals surface area contributed by atoms with E-state index in [-0.39, 0.29) is 11.4 Å². The number of aromatic amines is 1. The van der Waals surface area contributed by atoms with Crippen LogP contribution in [0.5, 0.6) is 5.75 Å². The zero-order valence-electron chi connectivity index (χ0n) is 22.9. The Hall–Kier alpha value is -3.43. The smallest absolute Gasteiger partial charge is 0.417 e. The molecule has 2 aromatic heterocycles. The van der Waals surface area contributed by atoms with Crippen molar-refractivity contribution in [2.75, 3.05) is 20.1 Å². The second kappa shape index (κ2) is 12.2. The van der Waals surface area contributed by atoms with E-state index >= 15 is 0 Å². The van der Waals surface area contributed by atoms with Crippen molar-refractivity contribution in [3.63, 3.8) is 0 Å². The third kappa shape index (κ3) is 7.80. The van der Waals surface area contributed by atoms with Crippen molar-refractivity contribution in [3.05, 3.63) is 84.1 Å². The monoisotopic (exact) mass is 542 g/mol. The number of nitrogens with one attached hydrogen (secondary N) is 1. The van der Waals surface area contributed by atoms with Gasteiger partial charge in [-0.3, -0.25) is 9.98 Å². The first-order chi connectivity index (χ1) is 18.2. The van der Waals surface area contributed by atoms with Crippen LogP contribution in [0.15, 0.2) is 72.1 Å². The second-order valence-corrected chi connectivity index (χ2v) is 10.7. The Balaban J connectivity index is 1.82. The molecule has 1 atom stereocenters. The van der Waals surface area contributed by atoms with Gasteiger partial charge in [0.1, 0.15) is 5.75 Å². The summed E-state index contributed by atoms with van der Waals surface area (Å²) in [7, 11) is 1.96. The minimum Gasteiger partial charge on any atom is -0.508 e. The number of aromatic nitrogens is 2. The van der Waals surface area contributed by atoms with Crippen LogP contribution >= 0.6 is 0 Å². The molecule has 3 aromatic rings. The van der Waals surface area contributed by atoms with Gasteiger partial charge in [-0.15, -0.1) is 0 Å². The number of aliphatic hydroxyl groups is 1. The van der Waals surface area contributed by atoms with Crippen LogP contribution in [0.3, 0.4) is 0 Å². The van der Waals surface area contributed by atoms with E-state index in [1.807, 2.05) is 13.1 Å². The van der Waals surface area contributed by atoms with Crippen molar-refractivity contribution in [1.82, 2.24) is 14.9 Å². The van der Waals surface area contributed by atoms with Crippen LogP contribution in [-0.2, 0) is 11.8 Å². The van der Waals surface area contributed by atoms with Gasteiger partial charge >= 0.3 is 6.18 Å². The molecule has 0 spiro atoms. The van der Waals surface area contributed by atoms with Crippen LogP contribution in [0.4, 0.5) is 13.2 Å². The normalized spacial score (nSPS) is 14.2. The number of hydrogen-bond donors (Lipinski definition) is 3. The zero-order chi connectivity index (χ0) is 28.8. The van der Waals surface area contributed by atoms with E-state index in [4.69, 9.17) is 0 Å². The molecule has 9 heteroatoms. The third-order valence-corrected chi connectivity index (χ3v) is 6.68. The van der Waals surface area contributed by atoms with Gasteiger partial charge < -0.3 is 20.1 Å². The van der Waals surface area contributed by atoms with Gasteiger partial charge in [-0.1, -0.05) is 39.5 Å².